The number of nitrogens with zero attached hydrogens (tertiary/aromatic N) is 2. The van der Waals surface area contributed by atoms with Gasteiger partial charge in [-0.3, -0.25) is 4.79 Å². The fraction of sp³-hybridized carbons (Fsp3) is 0.250. The zero-order chi connectivity index (χ0) is 18.4. The number of benzene rings is 2. The molecular weight excluding hydrogens is 316 g/mol. The monoisotopic (exact) mass is 336 g/mol. The van der Waals surface area contributed by atoms with Gasteiger partial charge in [0.1, 0.15) is 5.60 Å². The van der Waals surface area contributed by atoms with Gasteiger partial charge in [-0.2, -0.15) is 5.26 Å². The van der Waals surface area contributed by atoms with E-state index >= 15 is 0 Å². The van der Waals surface area contributed by atoms with Crippen molar-refractivity contribution in [3.8, 4) is 6.19 Å². The normalized spacial score (nSPS) is 10.6. The summed E-state index contributed by atoms with van der Waals surface area (Å²) in [5, 5.41) is 9.31. The van der Waals surface area contributed by atoms with Crippen LogP contribution in [0.25, 0.3) is 0 Å². The van der Waals surface area contributed by atoms with Gasteiger partial charge in [-0.15, -0.1) is 0 Å². The minimum Gasteiger partial charge on any atom is -0.456 e. The van der Waals surface area contributed by atoms with Gasteiger partial charge in [0.15, 0.2) is 6.19 Å². The highest BCUT2D eigenvalue weighted by atomic mass is 16.6. The molecule has 128 valence electrons. The quantitative estimate of drug-likeness (QED) is 0.484. The van der Waals surface area contributed by atoms with Crippen molar-refractivity contribution < 1.29 is 14.3 Å². The largest absolute Gasteiger partial charge is 0.456 e. The third-order valence-electron chi connectivity index (χ3n) is 3.29. The second-order valence-electron chi connectivity index (χ2n) is 6.56. The van der Waals surface area contributed by atoms with Gasteiger partial charge in [-0.25, -0.2) is 9.69 Å². The molecule has 2 aromatic carbocycles. The predicted octanol–water partition coefficient (Wildman–Crippen LogP) is 3.77. The van der Waals surface area contributed by atoms with Crippen molar-refractivity contribution in [2.24, 2.45) is 0 Å². The number of carbonyl (C=O) groups is 2. The van der Waals surface area contributed by atoms with E-state index in [1.807, 2.05) is 36.5 Å². The Balaban J connectivity index is 2.19. The van der Waals surface area contributed by atoms with Gasteiger partial charge in [0.2, 0.25) is 0 Å². The summed E-state index contributed by atoms with van der Waals surface area (Å²) in [7, 11) is 0. The van der Waals surface area contributed by atoms with Crippen LogP contribution in [0.3, 0.4) is 0 Å². The first kappa shape index (κ1) is 18.2. The molecular formula is C20H20N2O3. The summed E-state index contributed by atoms with van der Waals surface area (Å²) in [5.74, 6) is -0.967. The highest BCUT2D eigenvalue weighted by molar-refractivity contribution is 5.98. The molecule has 25 heavy (non-hydrogen) atoms. The number of nitriles is 1. The number of hydrogen-bond acceptors (Lipinski definition) is 4. The van der Waals surface area contributed by atoms with Crippen molar-refractivity contribution >= 4 is 11.9 Å². The second-order valence-corrected chi connectivity index (χ2v) is 6.56. The lowest BCUT2D eigenvalue weighted by atomic mass is 10.1. The van der Waals surface area contributed by atoms with E-state index in [9.17, 15) is 14.9 Å². The predicted molar refractivity (Wildman–Crippen MR) is 93.5 cm³/mol. The molecule has 2 rings (SSSR count). The minimum atomic E-state index is -0.622. The average molecular weight is 336 g/mol. The number of amides is 1. The van der Waals surface area contributed by atoms with E-state index in [-0.39, 0.29) is 17.7 Å². The molecule has 0 atom stereocenters. The maximum absolute atomic E-state index is 12.6. The molecule has 0 unspecified atom stereocenters. The van der Waals surface area contributed by atoms with E-state index in [2.05, 4.69) is 0 Å². The van der Waals surface area contributed by atoms with E-state index in [0.717, 1.165) is 10.5 Å². The molecule has 1 amide bonds. The van der Waals surface area contributed by atoms with Gasteiger partial charge in [0.25, 0.3) is 5.91 Å². The molecule has 0 spiro atoms. The van der Waals surface area contributed by atoms with E-state index in [1.54, 1.807) is 39.0 Å². The molecule has 0 heterocycles. The van der Waals surface area contributed by atoms with Crippen LogP contribution in [-0.4, -0.2) is 22.4 Å². The lowest BCUT2D eigenvalue weighted by Gasteiger charge is -2.20. The lowest BCUT2D eigenvalue weighted by molar-refractivity contribution is 0.00695. The zero-order valence-corrected chi connectivity index (χ0v) is 14.5. The molecule has 0 aromatic heterocycles. The number of rotatable bonds is 4. The average Bonchev–Trinajstić information content (AvgIpc) is 2.58. The van der Waals surface area contributed by atoms with Gasteiger partial charge < -0.3 is 4.74 Å². The van der Waals surface area contributed by atoms with Crippen LogP contribution in [0.2, 0.25) is 0 Å². The standard InChI is InChI=1S/C20H20N2O3/c1-20(2,3)25-19(24)17-11-7-10-16(12-17)18(23)22(14-21)13-15-8-5-4-6-9-15/h4-12H,13H2,1-3H3. The van der Waals surface area contributed by atoms with E-state index in [0.29, 0.717) is 0 Å². The Morgan fingerprint density at radius 1 is 1.04 bits per heavy atom. The molecule has 0 N–H and O–H groups in total. The summed E-state index contributed by atoms with van der Waals surface area (Å²) in [5.41, 5.74) is 0.767. The molecule has 0 saturated carbocycles. The molecule has 5 nitrogen and oxygen atoms in total. The van der Waals surface area contributed by atoms with Crippen molar-refractivity contribution in [3.05, 3.63) is 71.3 Å². The smallest absolute Gasteiger partial charge is 0.338 e. The SMILES string of the molecule is CC(C)(C)OC(=O)c1cccc(C(=O)N(C#N)Cc2ccccc2)c1. The van der Waals surface area contributed by atoms with Crippen LogP contribution >= 0.6 is 0 Å². The molecule has 0 aliphatic carbocycles. The first-order valence-electron chi connectivity index (χ1n) is 7.89. The van der Waals surface area contributed by atoms with Crippen LogP contribution in [0.5, 0.6) is 0 Å². The van der Waals surface area contributed by atoms with Gasteiger partial charge >= 0.3 is 5.97 Å². The summed E-state index contributed by atoms with van der Waals surface area (Å²) in [4.78, 5) is 25.8. The number of esters is 1. The Bertz CT molecular complexity index is 802. The van der Waals surface area contributed by atoms with Crippen molar-refractivity contribution in [1.82, 2.24) is 4.90 Å². The molecule has 0 bridgehead atoms. The van der Waals surface area contributed by atoms with E-state index in [4.69, 9.17) is 4.74 Å². The first-order valence-corrected chi connectivity index (χ1v) is 7.89. The van der Waals surface area contributed by atoms with Crippen LogP contribution < -0.4 is 0 Å². The van der Waals surface area contributed by atoms with Crippen LogP contribution in [0.15, 0.2) is 54.6 Å². The van der Waals surface area contributed by atoms with Crippen molar-refractivity contribution in [2.75, 3.05) is 0 Å². The molecule has 5 heteroatoms. The Morgan fingerprint density at radius 2 is 1.68 bits per heavy atom. The Kier molecular flexibility index (Phi) is 5.56. The number of ether oxygens (including phenoxy) is 1. The van der Waals surface area contributed by atoms with Crippen LogP contribution in [0.1, 0.15) is 47.1 Å². The third kappa shape index (κ3) is 5.18. The fourth-order valence-electron chi connectivity index (χ4n) is 2.19. The van der Waals surface area contributed by atoms with Crippen molar-refractivity contribution in [2.45, 2.75) is 32.9 Å². The van der Waals surface area contributed by atoms with Crippen molar-refractivity contribution in [3.63, 3.8) is 0 Å². The first-order chi connectivity index (χ1) is 11.8. The minimum absolute atomic E-state index is 0.173. The molecule has 0 saturated heterocycles. The summed E-state index contributed by atoms with van der Waals surface area (Å²) < 4.78 is 5.31. The van der Waals surface area contributed by atoms with E-state index in [1.165, 1.54) is 6.07 Å². The van der Waals surface area contributed by atoms with Gasteiger partial charge in [0.05, 0.1) is 12.1 Å². The number of carbonyl (C=O) groups excluding carboxylic acids is 2. The van der Waals surface area contributed by atoms with Crippen LogP contribution in [0.4, 0.5) is 0 Å². The van der Waals surface area contributed by atoms with Gasteiger partial charge in [-0.1, -0.05) is 36.4 Å². The van der Waals surface area contributed by atoms with Gasteiger partial charge in [-0.05, 0) is 44.5 Å². The topological polar surface area (TPSA) is 70.4 Å². The van der Waals surface area contributed by atoms with Crippen LogP contribution in [0, 0.1) is 11.5 Å². The summed E-state index contributed by atoms with van der Waals surface area (Å²) in [6.07, 6.45) is 1.90. The molecule has 0 aliphatic rings. The van der Waals surface area contributed by atoms with Crippen LogP contribution in [-0.2, 0) is 11.3 Å². The lowest BCUT2D eigenvalue weighted by Crippen LogP contribution is -2.26. The highest BCUT2D eigenvalue weighted by Crippen LogP contribution is 2.15. The molecule has 2 aromatic rings. The fourth-order valence-corrected chi connectivity index (χ4v) is 2.19. The highest BCUT2D eigenvalue weighted by Gasteiger charge is 2.21. The second kappa shape index (κ2) is 7.63. The third-order valence-corrected chi connectivity index (χ3v) is 3.29. The summed E-state index contributed by atoms with van der Waals surface area (Å²) in [6.45, 7) is 5.50. The number of hydrogen-bond donors (Lipinski definition) is 0. The Labute approximate surface area is 147 Å². The van der Waals surface area contributed by atoms with E-state index < -0.39 is 17.5 Å². The molecule has 0 fully saturated rings. The zero-order valence-electron chi connectivity index (χ0n) is 14.5. The maximum atomic E-state index is 12.6. The van der Waals surface area contributed by atoms with Crippen molar-refractivity contribution in [1.29, 1.82) is 5.26 Å². The summed E-state index contributed by atoms with van der Waals surface area (Å²) >= 11 is 0. The maximum Gasteiger partial charge on any atom is 0.338 e. The van der Waals surface area contributed by atoms with Gasteiger partial charge in [0, 0.05) is 5.56 Å². The Morgan fingerprint density at radius 3 is 2.28 bits per heavy atom. The molecule has 0 radical (unpaired) electrons. The molecule has 0 aliphatic heterocycles. The Hall–Kier alpha value is -3.13. The summed E-state index contributed by atoms with van der Waals surface area (Å²) in [6, 6.07) is 15.5.